The number of hydrogen-bond acceptors (Lipinski definition) is 7. The molecule has 0 radical (unpaired) electrons. The van der Waals surface area contributed by atoms with Crippen molar-refractivity contribution in [2.75, 3.05) is 55.8 Å². The third kappa shape index (κ3) is 7.28. The molecule has 1 aliphatic rings. The molecule has 0 N–H and O–H groups in total. The number of hydrogen-bond donors (Lipinski definition) is 0. The van der Waals surface area contributed by atoms with E-state index in [-0.39, 0.29) is 0 Å². The minimum absolute atomic E-state index is 0.399. The van der Waals surface area contributed by atoms with E-state index in [0.717, 1.165) is 20.4 Å². The number of benzene rings is 2. The van der Waals surface area contributed by atoms with Crippen LogP contribution in [0.15, 0.2) is 58.0 Å². The van der Waals surface area contributed by atoms with E-state index in [9.17, 15) is 18.0 Å². The number of nitrogens with zero attached hydrogens (tertiary/aromatic N) is 4. The maximum absolute atomic E-state index is 12.7. The first-order valence-electron chi connectivity index (χ1n) is 12.0. The van der Waals surface area contributed by atoms with Gasteiger partial charge in [0.05, 0.1) is 16.8 Å². The molecule has 0 saturated carbocycles. The van der Waals surface area contributed by atoms with Crippen molar-refractivity contribution >= 4 is 64.8 Å². The molecule has 0 spiro atoms. The lowest BCUT2D eigenvalue weighted by Gasteiger charge is -2.36. The van der Waals surface area contributed by atoms with Crippen LogP contribution in [-0.4, -0.2) is 80.6 Å². The van der Waals surface area contributed by atoms with Crippen LogP contribution in [0.4, 0.5) is 5.69 Å². The molecule has 198 valence electrons. The van der Waals surface area contributed by atoms with Gasteiger partial charge >= 0.3 is 0 Å². The second-order valence-corrected chi connectivity index (χ2v) is 12.6. The number of carbonyl (C=O) groups is 2. The molecule has 3 aromatic rings. The zero-order valence-electron chi connectivity index (χ0n) is 20.5. The molecule has 1 aliphatic heterocycles. The van der Waals surface area contributed by atoms with E-state index in [4.69, 9.17) is 4.74 Å². The van der Waals surface area contributed by atoms with Crippen molar-refractivity contribution < 1.29 is 22.7 Å². The van der Waals surface area contributed by atoms with Crippen LogP contribution in [0.5, 0.6) is 0 Å². The molecular formula is C25H29BrN4O5S2. The summed E-state index contributed by atoms with van der Waals surface area (Å²) in [6, 6.07) is 15.6. The van der Waals surface area contributed by atoms with Crippen LogP contribution in [0.1, 0.15) is 6.92 Å². The molecule has 4 rings (SSSR count). The summed E-state index contributed by atoms with van der Waals surface area (Å²) in [5.74, 6) is -2.80. The molecule has 2 aromatic carbocycles. The number of amides is 2. The standard InChI is InChI=1S/C25H29BrN4O5S2/c1-2-35-15-14-30-21-9-8-19(26)16-22(21)36-25(30)27-23(31)17-37(33,34)18-24(32)29-12-10-28(11-13-29)20-6-4-3-5-7-20/h3-9,16H,2,10-15,17-18H2,1H3. The monoisotopic (exact) mass is 608 g/mol. The van der Waals surface area contributed by atoms with Gasteiger partial charge in [0.15, 0.2) is 14.6 Å². The van der Waals surface area contributed by atoms with Gasteiger partial charge in [-0.05, 0) is 37.3 Å². The van der Waals surface area contributed by atoms with Gasteiger partial charge < -0.3 is 19.1 Å². The van der Waals surface area contributed by atoms with Gasteiger partial charge in [-0.3, -0.25) is 9.59 Å². The highest BCUT2D eigenvalue weighted by Gasteiger charge is 2.27. The second kappa shape index (κ2) is 12.3. The number of ether oxygens (including phenoxy) is 1. The SMILES string of the molecule is CCOCCn1c(=NC(=O)CS(=O)(=O)CC(=O)N2CCN(c3ccccc3)CC2)sc2cc(Br)ccc21. The van der Waals surface area contributed by atoms with Gasteiger partial charge in [0.1, 0.15) is 11.5 Å². The predicted molar refractivity (Wildman–Crippen MR) is 148 cm³/mol. The quantitative estimate of drug-likeness (QED) is 0.346. The van der Waals surface area contributed by atoms with Crippen molar-refractivity contribution in [1.29, 1.82) is 0 Å². The van der Waals surface area contributed by atoms with Crippen LogP contribution in [0, 0.1) is 0 Å². The van der Waals surface area contributed by atoms with Crippen molar-refractivity contribution in [2.45, 2.75) is 13.5 Å². The maximum atomic E-state index is 12.7. The summed E-state index contributed by atoms with van der Waals surface area (Å²) < 4.78 is 34.5. The zero-order chi connectivity index (χ0) is 26.4. The number of halogens is 1. The van der Waals surface area contributed by atoms with E-state index in [1.807, 2.05) is 60.0 Å². The number of thiazole rings is 1. The molecule has 2 amide bonds. The normalized spacial score (nSPS) is 14.9. The molecule has 0 unspecified atom stereocenters. The van der Waals surface area contributed by atoms with Crippen LogP contribution in [0.25, 0.3) is 10.2 Å². The number of aromatic nitrogens is 1. The second-order valence-electron chi connectivity index (χ2n) is 8.59. The summed E-state index contributed by atoms with van der Waals surface area (Å²) in [7, 11) is -3.97. The molecule has 12 heteroatoms. The Bertz CT molecular complexity index is 1430. The lowest BCUT2D eigenvalue weighted by Crippen LogP contribution is -2.50. The summed E-state index contributed by atoms with van der Waals surface area (Å²) in [5, 5.41) is 0. The summed E-state index contributed by atoms with van der Waals surface area (Å²) in [6.07, 6.45) is 0. The van der Waals surface area contributed by atoms with E-state index in [2.05, 4.69) is 25.8 Å². The molecule has 2 heterocycles. The molecule has 0 bridgehead atoms. The maximum Gasteiger partial charge on any atom is 0.263 e. The minimum atomic E-state index is -3.97. The van der Waals surface area contributed by atoms with Gasteiger partial charge in [-0.25, -0.2) is 8.42 Å². The average molecular weight is 610 g/mol. The summed E-state index contributed by atoms with van der Waals surface area (Å²) >= 11 is 4.75. The smallest absolute Gasteiger partial charge is 0.263 e. The van der Waals surface area contributed by atoms with Crippen molar-refractivity contribution in [3.05, 3.63) is 57.8 Å². The Hall–Kier alpha value is -2.54. The fraction of sp³-hybridized carbons (Fsp3) is 0.400. The summed E-state index contributed by atoms with van der Waals surface area (Å²) in [4.78, 5) is 33.6. The van der Waals surface area contributed by atoms with E-state index < -0.39 is 33.2 Å². The third-order valence-electron chi connectivity index (χ3n) is 5.97. The molecule has 9 nitrogen and oxygen atoms in total. The van der Waals surface area contributed by atoms with E-state index in [1.165, 1.54) is 11.3 Å². The number of fused-ring (bicyclic) bond motifs is 1. The van der Waals surface area contributed by atoms with Crippen molar-refractivity contribution in [3.63, 3.8) is 0 Å². The third-order valence-corrected chi connectivity index (χ3v) is 8.88. The Morgan fingerprint density at radius 2 is 1.78 bits per heavy atom. The highest BCUT2D eigenvalue weighted by atomic mass is 79.9. The van der Waals surface area contributed by atoms with Crippen molar-refractivity contribution in [1.82, 2.24) is 9.47 Å². The van der Waals surface area contributed by atoms with E-state index in [1.54, 1.807) is 4.90 Å². The summed E-state index contributed by atoms with van der Waals surface area (Å²) in [6.45, 7) is 5.47. The lowest BCUT2D eigenvalue weighted by molar-refractivity contribution is -0.128. The van der Waals surface area contributed by atoms with Gasteiger partial charge in [0.2, 0.25) is 5.91 Å². The Labute approximate surface area is 228 Å². The first-order valence-corrected chi connectivity index (χ1v) is 15.4. The van der Waals surface area contributed by atoms with Crippen molar-refractivity contribution in [3.8, 4) is 0 Å². The van der Waals surface area contributed by atoms with Crippen LogP contribution in [0.2, 0.25) is 0 Å². The molecule has 0 atom stereocenters. The number of piperazine rings is 1. The van der Waals surface area contributed by atoms with Gasteiger partial charge in [-0.1, -0.05) is 45.5 Å². The van der Waals surface area contributed by atoms with Crippen LogP contribution >= 0.6 is 27.3 Å². The van der Waals surface area contributed by atoms with Crippen LogP contribution in [-0.2, 0) is 30.7 Å². The van der Waals surface area contributed by atoms with Crippen molar-refractivity contribution in [2.24, 2.45) is 4.99 Å². The van der Waals surface area contributed by atoms with E-state index in [0.29, 0.717) is 50.7 Å². The zero-order valence-corrected chi connectivity index (χ0v) is 23.7. The van der Waals surface area contributed by atoms with Gasteiger partial charge in [0, 0.05) is 49.5 Å². The topological polar surface area (TPSA) is 101 Å². The Balaban J connectivity index is 1.41. The Morgan fingerprint density at radius 3 is 2.49 bits per heavy atom. The van der Waals surface area contributed by atoms with Crippen LogP contribution in [0.3, 0.4) is 0 Å². The number of sulfone groups is 1. The molecular weight excluding hydrogens is 580 g/mol. The molecule has 37 heavy (non-hydrogen) atoms. The van der Waals surface area contributed by atoms with Gasteiger partial charge in [-0.15, -0.1) is 0 Å². The Kier molecular flexibility index (Phi) is 9.17. The Morgan fingerprint density at radius 1 is 1.05 bits per heavy atom. The molecule has 1 aromatic heterocycles. The minimum Gasteiger partial charge on any atom is -0.380 e. The highest BCUT2D eigenvalue weighted by molar-refractivity contribution is 9.10. The molecule has 1 saturated heterocycles. The first kappa shape index (κ1) is 27.5. The molecule has 1 fully saturated rings. The summed E-state index contributed by atoms with van der Waals surface area (Å²) in [5.41, 5.74) is 1.95. The number of para-hydroxylation sites is 1. The van der Waals surface area contributed by atoms with E-state index >= 15 is 0 Å². The fourth-order valence-corrected chi connectivity index (χ4v) is 6.89. The largest absolute Gasteiger partial charge is 0.380 e. The number of carbonyl (C=O) groups excluding carboxylic acids is 2. The van der Waals surface area contributed by atoms with Gasteiger partial charge in [-0.2, -0.15) is 4.99 Å². The first-order chi connectivity index (χ1) is 17.8. The highest BCUT2D eigenvalue weighted by Crippen LogP contribution is 2.22. The number of rotatable bonds is 9. The van der Waals surface area contributed by atoms with Crippen LogP contribution < -0.4 is 9.70 Å². The van der Waals surface area contributed by atoms with Gasteiger partial charge in [0.25, 0.3) is 5.91 Å². The molecule has 0 aliphatic carbocycles. The average Bonchev–Trinajstić information content (AvgIpc) is 3.19. The number of anilines is 1. The predicted octanol–water partition coefficient (Wildman–Crippen LogP) is 2.69. The fourth-order valence-electron chi connectivity index (χ4n) is 4.16. The lowest BCUT2D eigenvalue weighted by atomic mass is 10.2.